The van der Waals surface area contributed by atoms with Crippen molar-refractivity contribution >= 4 is 7.82 Å². The molecule has 0 radical (unpaired) electrons. The fraction of sp³-hybridized carbons (Fsp3) is 0. The minimum atomic E-state index is -4.64. The molecule has 0 aromatic carbocycles. The topological polar surface area (TPSA) is 77.8 Å². The van der Waals surface area contributed by atoms with E-state index in [-0.39, 0.29) is 59.2 Å². The molecule has 4 nitrogen and oxygen atoms in total. The van der Waals surface area contributed by atoms with Crippen LogP contribution >= 0.6 is 7.82 Å². The van der Waals surface area contributed by atoms with E-state index in [1.807, 2.05) is 0 Å². The first-order valence-electron chi connectivity index (χ1n) is 0.783. The van der Waals surface area contributed by atoms with E-state index in [1.54, 1.807) is 0 Å². The van der Waals surface area contributed by atoms with Crippen molar-refractivity contribution in [3.8, 4) is 0 Å². The molecule has 0 aromatic rings. The second-order valence-electron chi connectivity index (χ2n) is 0.513. The Bertz CT molecular complexity index is 70.8. The molecule has 0 spiro atoms. The Balaban J connectivity index is -0.00000000286. The minimum absolute atomic E-state index is 0. The van der Waals surface area contributed by atoms with Crippen molar-refractivity contribution in [1.82, 2.24) is 0 Å². The van der Waals surface area contributed by atoms with Crippen molar-refractivity contribution in [1.29, 1.82) is 0 Å². The molecular formula is H10F6NaO4P. The molecule has 0 fully saturated rings. The third kappa shape index (κ3) is 2110. The zero-order valence-corrected chi connectivity index (χ0v) is 8.54. The van der Waals surface area contributed by atoms with Crippen molar-refractivity contribution in [3.05, 3.63) is 0 Å². The molecule has 12 heavy (non-hydrogen) atoms. The molecule has 0 aliphatic rings. The van der Waals surface area contributed by atoms with Gasteiger partial charge < -0.3 is 16.1 Å². The SMILES string of the molecule is F.F.F.F.F.F.O=P(O)(O)O.[H-].[Na+]. The number of hydrogen-bond donors (Lipinski definition) is 3. The van der Waals surface area contributed by atoms with Crippen LogP contribution in [0.4, 0.5) is 28.2 Å². The molecular weight excluding hydrogens is 232 g/mol. The summed E-state index contributed by atoms with van der Waals surface area (Å²) in [5, 5.41) is 0. The predicted octanol–water partition coefficient (Wildman–Crippen LogP) is -2.90. The molecule has 3 N–H and O–H groups in total. The van der Waals surface area contributed by atoms with Crippen molar-refractivity contribution in [2.75, 3.05) is 0 Å². The summed E-state index contributed by atoms with van der Waals surface area (Å²) >= 11 is 0. The van der Waals surface area contributed by atoms with Crippen molar-refractivity contribution in [2.45, 2.75) is 0 Å². The van der Waals surface area contributed by atoms with Gasteiger partial charge in [0.15, 0.2) is 0 Å². The molecule has 0 aromatic heterocycles. The van der Waals surface area contributed by atoms with Crippen LogP contribution in [0.5, 0.6) is 0 Å². The van der Waals surface area contributed by atoms with E-state index >= 15 is 0 Å². The fourth-order valence-corrected chi connectivity index (χ4v) is 0. The van der Waals surface area contributed by atoms with E-state index in [2.05, 4.69) is 0 Å². The Hall–Kier alpha value is 0.690. The second kappa shape index (κ2) is 29.8. The van der Waals surface area contributed by atoms with Crippen LogP contribution in [0.1, 0.15) is 1.43 Å². The summed E-state index contributed by atoms with van der Waals surface area (Å²) < 4.78 is 8.88. The number of phosphoric acid groups is 1. The molecule has 0 rings (SSSR count). The molecule has 12 heteroatoms. The maximum Gasteiger partial charge on any atom is 1.00 e. The molecule has 0 unspecified atom stereocenters. The molecule has 82 valence electrons. The third-order valence-electron chi connectivity index (χ3n) is 0. The summed E-state index contributed by atoms with van der Waals surface area (Å²) in [7, 11) is -4.64. The minimum Gasteiger partial charge on any atom is -1.00 e. The van der Waals surface area contributed by atoms with Crippen LogP contribution in [0.15, 0.2) is 0 Å². The maximum absolute atomic E-state index is 8.88. The second-order valence-corrected chi connectivity index (χ2v) is 1.54. The van der Waals surface area contributed by atoms with Gasteiger partial charge in [0.2, 0.25) is 0 Å². The summed E-state index contributed by atoms with van der Waals surface area (Å²) in [5.74, 6) is 0. The molecule has 0 atom stereocenters. The van der Waals surface area contributed by atoms with Gasteiger partial charge in [-0.2, -0.15) is 0 Å². The Morgan fingerprint density at radius 2 is 0.750 bits per heavy atom. The Labute approximate surface area is 86.6 Å². The molecule has 0 bridgehead atoms. The van der Waals surface area contributed by atoms with E-state index in [9.17, 15) is 0 Å². The molecule has 0 amide bonds. The number of rotatable bonds is 0. The van der Waals surface area contributed by atoms with Crippen molar-refractivity contribution < 1.29 is 78.5 Å². The van der Waals surface area contributed by atoms with Crippen molar-refractivity contribution in [2.24, 2.45) is 0 Å². The predicted molar refractivity (Wildman–Crippen MR) is 30.4 cm³/mol. The molecule has 0 saturated heterocycles. The number of halogens is 6. The summed E-state index contributed by atoms with van der Waals surface area (Å²) in [6, 6.07) is 0. The van der Waals surface area contributed by atoms with Crippen molar-refractivity contribution in [3.63, 3.8) is 0 Å². The Morgan fingerprint density at radius 3 is 0.750 bits per heavy atom. The van der Waals surface area contributed by atoms with E-state index in [1.165, 1.54) is 0 Å². The quantitative estimate of drug-likeness (QED) is 0.242. The van der Waals surface area contributed by atoms with Crippen LogP contribution in [-0.2, 0) is 4.57 Å². The van der Waals surface area contributed by atoms with Gasteiger partial charge in [0.25, 0.3) is 0 Å². The van der Waals surface area contributed by atoms with E-state index in [4.69, 9.17) is 19.2 Å². The smallest absolute Gasteiger partial charge is 1.00 e. The molecule has 0 aliphatic heterocycles. The third-order valence-corrected chi connectivity index (χ3v) is 0. The van der Waals surface area contributed by atoms with E-state index < -0.39 is 7.82 Å². The monoisotopic (exact) mass is 242 g/mol. The average molecular weight is 242 g/mol. The van der Waals surface area contributed by atoms with Crippen LogP contribution in [0, 0.1) is 0 Å². The molecule has 0 aliphatic carbocycles. The van der Waals surface area contributed by atoms with E-state index in [0.717, 1.165) is 0 Å². The van der Waals surface area contributed by atoms with Crippen LogP contribution < -0.4 is 29.6 Å². The van der Waals surface area contributed by atoms with Crippen LogP contribution in [0.2, 0.25) is 0 Å². The summed E-state index contributed by atoms with van der Waals surface area (Å²) in [5.41, 5.74) is 0. The van der Waals surface area contributed by atoms with Gasteiger partial charge in [-0.3, -0.25) is 28.2 Å². The number of hydrogen-bond acceptors (Lipinski definition) is 1. The van der Waals surface area contributed by atoms with Gasteiger partial charge in [-0.15, -0.1) is 0 Å². The van der Waals surface area contributed by atoms with Gasteiger partial charge in [0.05, 0.1) is 0 Å². The first kappa shape index (κ1) is 78.8. The fourth-order valence-electron chi connectivity index (χ4n) is 0. The zero-order valence-electron chi connectivity index (χ0n) is 6.65. The van der Waals surface area contributed by atoms with Gasteiger partial charge in [-0.1, -0.05) is 0 Å². The van der Waals surface area contributed by atoms with E-state index in [0.29, 0.717) is 0 Å². The van der Waals surface area contributed by atoms with Gasteiger partial charge in [0, 0.05) is 0 Å². The van der Waals surface area contributed by atoms with Gasteiger partial charge in [-0.25, -0.2) is 4.57 Å². The normalized spacial score (nSPS) is 4.92. The van der Waals surface area contributed by atoms with Crippen LogP contribution in [0.25, 0.3) is 0 Å². The van der Waals surface area contributed by atoms with Crippen LogP contribution in [-0.4, -0.2) is 14.7 Å². The largest absolute Gasteiger partial charge is 1.00 e. The summed E-state index contributed by atoms with van der Waals surface area (Å²) in [4.78, 5) is 21.6. The standard InChI is InChI=1S/6FH.Na.H3O4P.H/c;;;;;;;1-5(2,3)4;/h6*1H;;(H3,1,2,3,4);/q;;;;;;+1;;-1. The molecule has 0 saturated carbocycles. The Kier molecular flexibility index (Phi) is 196. The van der Waals surface area contributed by atoms with Gasteiger partial charge in [-0.05, 0) is 0 Å². The van der Waals surface area contributed by atoms with Gasteiger partial charge in [0.1, 0.15) is 0 Å². The molecule has 0 heterocycles. The summed E-state index contributed by atoms with van der Waals surface area (Å²) in [6.07, 6.45) is 0. The Morgan fingerprint density at radius 1 is 0.750 bits per heavy atom. The zero-order chi connectivity index (χ0) is 4.50. The van der Waals surface area contributed by atoms with Gasteiger partial charge >= 0.3 is 37.4 Å². The average Bonchev–Trinajstić information content (AvgIpc) is 0.722. The van der Waals surface area contributed by atoms with Crippen LogP contribution in [0.3, 0.4) is 0 Å². The first-order chi connectivity index (χ1) is 2.00. The maximum atomic E-state index is 8.88. The first-order valence-corrected chi connectivity index (χ1v) is 2.35. The summed E-state index contributed by atoms with van der Waals surface area (Å²) in [6.45, 7) is 0.